The van der Waals surface area contributed by atoms with Crippen molar-refractivity contribution in [1.29, 1.82) is 0 Å². The van der Waals surface area contributed by atoms with Crippen LogP contribution in [0.3, 0.4) is 0 Å². The topological polar surface area (TPSA) is 23.6 Å². The third-order valence-corrected chi connectivity index (χ3v) is 4.79. The van der Waals surface area contributed by atoms with E-state index in [1.54, 1.807) is 0 Å². The lowest BCUT2D eigenvalue weighted by Crippen LogP contribution is -2.32. The highest BCUT2D eigenvalue weighted by molar-refractivity contribution is 6.31. The molecule has 112 valence electrons. The summed E-state index contributed by atoms with van der Waals surface area (Å²) in [5.41, 5.74) is 2.03. The molecule has 2 aromatic rings. The van der Waals surface area contributed by atoms with Crippen molar-refractivity contribution < 1.29 is 4.79 Å². The van der Waals surface area contributed by atoms with Crippen LogP contribution in [0.4, 0.5) is 5.69 Å². The van der Waals surface area contributed by atoms with Crippen LogP contribution in [0.2, 0.25) is 5.02 Å². The van der Waals surface area contributed by atoms with Gasteiger partial charge >= 0.3 is 0 Å². The molecule has 3 nitrogen and oxygen atoms in total. The molecular weight excluding hydrogens is 296 g/mol. The minimum atomic E-state index is -0.0281. The first-order valence-corrected chi connectivity index (χ1v) is 8.03. The molecule has 0 aliphatic carbocycles. The summed E-state index contributed by atoms with van der Waals surface area (Å²) in [4.78, 5) is 17.1. The fraction of sp³-hybridized carbons (Fsp3) is 0.278. The summed E-state index contributed by atoms with van der Waals surface area (Å²) in [5.74, 6) is 0.189. The Morgan fingerprint density at radius 3 is 2.64 bits per heavy atom. The molecule has 2 heterocycles. The molecule has 0 aromatic heterocycles. The van der Waals surface area contributed by atoms with E-state index in [2.05, 4.69) is 17.0 Å². The predicted octanol–water partition coefficient (Wildman–Crippen LogP) is 3.85. The van der Waals surface area contributed by atoms with Crippen molar-refractivity contribution in [3.05, 3.63) is 65.2 Å². The molecule has 2 aromatic carbocycles. The van der Waals surface area contributed by atoms with Crippen LogP contribution < -0.4 is 4.90 Å². The van der Waals surface area contributed by atoms with Gasteiger partial charge in [0.25, 0.3) is 0 Å². The van der Waals surface area contributed by atoms with Crippen molar-refractivity contribution >= 4 is 23.2 Å². The molecule has 2 atom stereocenters. The molecule has 0 saturated carbocycles. The molecule has 0 bridgehead atoms. The second-order valence-corrected chi connectivity index (χ2v) is 6.30. The maximum absolute atomic E-state index is 12.9. The van der Waals surface area contributed by atoms with Crippen molar-refractivity contribution in [2.75, 3.05) is 11.4 Å². The maximum Gasteiger partial charge on any atom is 0.246 e. The van der Waals surface area contributed by atoms with Gasteiger partial charge in [0, 0.05) is 17.3 Å². The van der Waals surface area contributed by atoms with Gasteiger partial charge in [0.05, 0.1) is 6.04 Å². The molecule has 4 heteroatoms. The highest BCUT2D eigenvalue weighted by Crippen LogP contribution is 2.42. The Hall–Kier alpha value is -1.84. The van der Waals surface area contributed by atoms with Gasteiger partial charge in [0.15, 0.2) is 0 Å². The van der Waals surface area contributed by atoms with Gasteiger partial charge in [-0.15, -0.1) is 0 Å². The summed E-state index contributed by atoms with van der Waals surface area (Å²) in [7, 11) is 0. The van der Waals surface area contributed by atoms with Crippen molar-refractivity contribution in [2.45, 2.75) is 25.0 Å². The lowest BCUT2D eigenvalue weighted by Gasteiger charge is -2.29. The Morgan fingerprint density at radius 1 is 1.05 bits per heavy atom. The molecule has 1 amide bonds. The maximum atomic E-state index is 12.9. The number of hydrogen-bond donors (Lipinski definition) is 0. The second kappa shape index (κ2) is 5.41. The first kappa shape index (κ1) is 13.8. The number of halogens is 1. The molecule has 2 aliphatic heterocycles. The molecule has 0 N–H and O–H groups in total. The van der Waals surface area contributed by atoms with E-state index in [-0.39, 0.29) is 18.1 Å². The Balaban J connectivity index is 1.82. The third kappa shape index (κ3) is 2.13. The van der Waals surface area contributed by atoms with E-state index in [9.17, 15) is 4.79 Å². The Labute approximate surface area is 135 Å². The molecule has 0 unspecified atom stereocenters. The number of anilines is 1. The third-order valence-electron chi connectivity index (χ3n) is 4.56. The van der Waals surface area contributed by atoms with Gasteiger partial charge in [0.2, 0.25) is 5.91 Å². The average molecular weight is 313 g/mol. The van der Waals surface area contributed by atoms with Gasteiger partial charge in [-0.1, -0.05) is 48.0 Å². The minimum Gasteiger partial charge on any atom is -0.290 e. The Bertz CT molecular complexity index is 703. The number of amides is 1. The van der Waals surface area contributed by atoms with Crippen LogP contribution in [-0.2, 0) is 4.79 Å². The van der Waals surface area contributed by atoms with Crippen LogP contribution in [0.5, 0.6) is 0 Å². The van der Waals surface area contributed by atoms with Crippen LogP contribution in [-0.4, -0.2) is 23.4 Å². The first-order valence-electron chi connectivity index (χ1n) is 7.65. The molecular formula is C18H17ClN2O. The zero-order chi connectivity index (χ0) is 15.1. The quantitative estimate of drug-likeness (QED) is 0.841. The van der Waals surface area contributed by atoms with E-state index in [0.29, 0.717) is 5.02 Å². The normalized spacial score (nSPS) is 24.8. The smallest absolute Gasteiger partial charge is 0.246 e. The lowest BCUT2D eigenvalue weighted by molar-refractivity contribution is -0.119. The molecule has 2 saturated heterocycles. The largest absolute Gasteiger partial charge is 0.290 e. The summed E-state index contributed by atoms with van der Waals surface area (Å²) in [6, 6.07) is 17.8. The van der Waals surface area contributed by atoms with Gasteiger partial charge in [-0.2, -0.15) is 0 Å². The number of fused-ring (bicyclic) bond motifs is 1. The summed E-state index contributed by atoms with van der Waals surface area (Å²) >= 11 is 6.13. The zero-order valence-corrected chi connectivity index (χ0v) is 12.9. The van der Waals surface area contributed by atoms with Crippen molar-refractivity contribution in [3.63, 3.8) is 0 Å². The molecule has 0 spiro atoms. The van der Waals surface area contributed by atoms with E-state index < -0.39 is 0 Å². The SMILES string of the molecule is O=C1[C@@H]2CCCN2[C@@H](c2ccccc2)N1c1cccc(Cl)c1. The number of hydrogen-bond acceptors (Lipinski definition) is 2. The van der Waals surface area contributed by atoms with E-state index in [0.717, 1.165) is 30.6 Å². The van der Waals surface area contributed by atoms with Gasteiger partial charge in [0.1, 0.15) is 6.17 Å². The molecule has 2 aliphatic rings. The number of carbonyl (C=O) groups excluding carboxylic acids is 1. The molecule has 4 rings (SSSR count). The van der Waals surface area contributed by atoms with Crippen molar-refractivity contribution in [1.82, 2.24) is 4.90 Å². The molecule has 22 heavy (non-hydrogen) atoms. The summed E-state index contributed by atoms with van der Waals surface area (Å²) in [5, 5.41) is 0.657. The van der Waals surface area contributed by atoms with Crippen LogP contribution in [0.15, 0.2) is 54.6 Å². The summed E-state index contributed by atoms with van der Waals surface area (Å²) in [6.45, 7) is 0.965. The summed E-state index contributed by atoms with van der Waals surface area (Å²) < 4.78 is 0. The zero-order valence-electron chi connectivity index (χ0n) is 12.2. The fourth-order valence-corrected chi connectivity index (χ4v) is 3.82. The van der Waals surface area contributed by atoms with E-state index in [1.165, 1.54) is 0 Å². The number of rotatable bonds is 2. The highest BCUT2D eigenvalue weighted by atomic mass is 35.5. The highest BCUT2D eigenvalue weighted by Gasteiger charge is 2.49. The van der Waals surface area contributed by atoms with Gasteiger partial charge in [-0.3, -0.25) is 14.6 Å². The lowest BCUT2D eigenvalue weighted by atomic mass is 10.1. The van der Waals surface area contributed by atoms with E-state index >= 15 is 0 Å². The first-order chi connectivity index (χ1) is 10.8. The van der Waals surface area contributed by atoms with Crippen molar-refractivity contribution in [3.8, 4) is 0 Å². The number of benzene rings is 2. The van der Waals surface area contributed by atoms with E-state index in [1.807, 2.05) is 47.4 Å². The minimum absolute atomic E-state index is 0.00388. The van der Waals surface area contributed by atoms with Crippen LogP contribution in [0.25, 0.3) is 0 Å². The van der Waals surface area contributed by atoms with Crippen molar-refractivity contribution in [2.24, 2.45) is 0 Å². The number of nitrogens with zero attached hydrogens (tertiary/aromatic N) is 2. The average Bonchev–Trinajstić information content (AvgIpc) is 3.10. The number of carbonyl (C=O) groups is 1. The Kier molecular flexibility index (Phi) is 3.40. The predicted molar refractivity (Wildman–Crippen MR) is 87.8 cm³/mol. The molecule has 2 fully saturated rings. The van der Waals surface area contributed by atoms with Gasteiger partial charge in [-0.05, 0) is 36.6 Å². The van der Waals surface area contributed by atoms with E-state index in [4.69, 9.17) is 11.6 Å². The van der Waals surface area contributed by atoms with Crippen LogP contribution in [0, 0.1) is 0 Å². The van der Waals surface area contributed by atoms with Crippen LogP contribution >= 0.6 is 11.6 Å². The van der Waals surface area contributed by atoms with Gasteiger partial charge < -0.3 is 0 Å². The van der Waals surface area contributed by atoms with Crippen LogP contribution in [0.1, 0.15) is 24.6 Å². The van der Waals surface area contributed by atoms with Gasteiger partial charge in [-0.25, -0.2) is 0 Å². The summed E-state index contributed by atoms with van der Waals surface area (Å²) in [6.07, 6.45) is 2.00. The monoisotopic (exact) mass is 312 g/mol. The fourth-order valence-electron chi connectivity index (χ4n) is 3.64. The Morgan fingerprint density at radius 2 is 1.86 bits per heavy atom. The molecule has 0 radical (unpaired) electrons. The second-order valence-electron chi connectivity index (χ2n) is 5.87. The standard InChI is InChI=1S/C18H17ClN2O/c19-14-8-4-9-15(12-14)21-17(13-6-2-1-3-7-13)20-11-5-10-16(20)18(21)22/h1-4,6-9,12,16-17H,5,10-11H2/t16-,17+/m0/s1.